The molecule has 3 atom stereocenters. The van der Waals surface area contributed by atoms with Crippen LogP contribution in [0.15, 0.2) is 12.2 Å². The lowest BCUT2D eigenvalue weighted by atomic mass is 10.00. The second kappa shape index (κ2) is 15.0. The van der Waals surface area contributed by atoms with Gasteiger partial charge in [0.1, 0.15) is 6.04 Å². The van der Waals surface area contributed by atoms with Crippen molar-refractivity contribution >= 4 is 17.9 Å². The molecule has 0 amide bonds. The standard InChI is InChI=1S/C23H41NO6/c1-5-6-7-8-9-10-11-12-13-14-15-16-17-24(18(2)21(25)26,19(3)22(27)28)20(4)23(29)30/h7-8,18-20H,5-6,9-17H2,1-4H3,(H2-,25,26,27,28,29,30)/b8-7+. The molecule has 30 heavy (non-hydrogen) atoms. The van der Waals surface area contributed by atoms with Gasteiger partial charge in [-0.25, -0.2) is 9.59 Å². The van der Waals surface area contributed by atoms with Crippen LogP contribution in [0.1, 0.15) is 91.9 Å². The van der Waals surface area contributed by atoms with E-state index in [2.05, 4.69) is 19.1 Å². The van der Waals surface area contributed by atoms with Crippen molar-refractivity contribution in [3.05, 3.63) is 12.2 Å². The Hall–Kier alpha value is -1.89. The molecule has 0 saturated carbocycles. The Labute approximate surface area is 181 Å². The third-order valence-corrected chi connectivity index (χ3v) is 6.26. The number of allylic oxidation sites excluding steroid dienone is 2. The number of unbranched alkanes of at least 4 members (excludes halogenated alkanes) is 8. The Balaban J connectivity index is 4.72. The predicted octanol–water partition coefficient (Wildman–Crippen LogP) is 3.36. The molecule has 174 valence electrons. The van der Waals surface area contributed by atoms with Gasteiger partial charge < -0.3 is 20.1 Å². The van der Waals surface area contributed by atoms with Gasteiger partial charge in [0, 0.05) is 0 Å². The summed E-state index contributed by atoms with van der Waals surface area (Å²) in [5.74, 6) is -3.84. The summed E-state index contributed by atoms with van der Waals surface area (Å²) in [7, 11) is 0. The maximum atomic E-state index is 11.7. The Morgan fingerprint density at radius 2 is 1.20 bits per heavy atom. The summed E-state index contributed by atoms with van der Waals surface area (Å²) >= 11 is 0. The summed E-state index contributed by atoms with van der Waals surface area (Å²) in [4.78, 5) is 35.0. The van der Waals surface area contributed by atoms with E-state index in [1.54, 1.807) is 0 Å². The topological polar surface area (TPSA) is 115 Å². The molecule has 0 saturated heterocycles. The summed E-state index contributed by atoms with van der Waals surface area (Å²) in [6.07, 6.45) is 14.8. The maximum absolute atomic E-state index is 11.7. The van der Waals surface area contributed by atoms with Gasteiger partial charge in [-0.05, 0) is 52.9 Å². The highest BCUT2D eigenvalue weighted by Gasteiger charge is 2.50. The lowest BCUT2D eigenvalue weighted by Crippen LogP contribution is -2.72. The minimum Gasteiger partial charge on any atom is -0.544 e. The fourth-order valence-corrected chi connectivity index (χ4v) is 4.13. The van der Waals surface area contributed by atoms with E-state index in [9.17, 15) is 29.7 Å². The smallest absolute Gasteiger partial charge is 0.362 e. The molecule has 0 radical (unpaired) electrons. The second-order valence-electron chi connectivity index (χ2n) is 8.27. The van der Waals surface area contributed by atoms with Gasteiger partial charge in [-0.2, -0.15) is 0 Å². The van der Waals surface area contributed by atoms with Crippen LogP contribution in [0.4, 0.5) is 0 Å². The molecule has 0 aliphatic rings. The first-order chi connectivity index (χ1) is 14.1. The lowest BCUT2D eigenvalue weighted by molar-refractivity contribution is -0.969. The van der Waals surface area contributed by atoms with Crippen LogP contribution in [0, 0.1) is 0 Å². The largest absolute Gasteiger partial charge is 0.544 e. The average Bonchev–Trinajstić information content (AvgIpc) is 2.70. The van der Waals surface area contributed by atoms with Crippen LogP contribution in [-0.4, -0.2) is 57.3 Å². The summed E-state index contributed by atoms with van der Waals surface area (Å²) in [5, 5.41) is 30.7. The molecular weight excluding hydrogens is 386 g/mol. The van der Waals surface area contributed by atoms with Crippen LogP contribution in [0.25, 0.3) is 0 Å². The summed E-state index contributed by atoms with van der Waals surface area (Å²) < 4.78 is -0.545. The number of hydrogen-bond acceptors (Lipinski definition) is 4. The highest BCUT2D eigenvalue weighted by atomic mass is 16.4. The van der Waals surface area contributed by atoms with E-state index < -0.39 is 40.5 Å². The number of carboxylic acids is 3. The molecule has 0 heterocycles. The van der Waals surface area contributed by atoms with Gasteiger partial charge in [0.15, 0.2) is 12.1 Å². The van der Waals surface area contributed by atoms with Crippen molar-refractivity contribution in [3.63, 3.8) is 0 Å². The highest BCUT2D eigenvalue weighted by Crippen LogP contribution is 2.27. The highest BCUT2D eigenvalue weighted by molar-refractivity contribution is 5.76. The summed E-state index contributed by atoms with van der Waals surface area (Å²) in [6, 6.07) is -3.56. The van der Waals surface area contributed by atoms with Crippen molar-refractivity contribution in [2.24, 2.45) is 0 Å². The van der Waals surface area contributed by atoms with Crippen molar-refractivity contribution in [2.45, 2.75) is 110 Å². The molecule has 0 bridgehead atoms. The number of carboxylic acid groups (broad SMARTS) is 3. The molecule has 0 rings (SSSR count). The SMILES string of the molecule is CCC/C=C/CCCCCCCCC[N+](C(C)C(=O)[O-])(C(C)C(=O)O)C(C)C(=O)O. The van der Waals surface area contributed by atoms with Crippen LogP contribution in [0.2, 0.25) is 0 Å². The monoisotopic (exact) mass is 427 g/mol. The van der Waals surface area contributed by atoms with Crippen LogP contribution >= 0.6 is 0 Å². The van der Waals surface area contributed by atoms with E-state index in [1.165, 1.54) is 40.0 Å². The van der Waals surface area contributed by atoms with Crippen molar-refractivity contribution in [2.75, 3.05) is 6.54 Å². The lowest BCUT2D eigenvalue weighted by Gasteiger charge is -2.49. The van der Waals surface area contributed by atoms with E-state index in [-0.39, 0.29) is 6.54 Å². The van der Waals surface area contributed by atoms with Gasteiger partial charge in [0.05, 0.1) is 12.5 Å². The molecule has 0 aliphatic heterocycles. The third-order valence-electron chi connectivity index (χ3n) is 6.26. The molecule has 2 N–H and O–H groups in total. The minimum atomic E-state index is -1.43. The zero-order valence-corrected chi connectivity index (χ0v) is 19.1. The number of carbonyl (C=O) groups is 3. The number of nitrogens with zero attached hydrogens (tertiary/aromatic N) is 1. The van der Waals surface area contributed by atoms with Crippen LogP contribution in [0.3, 0.4) is 0 Å². The minimum absolute atomic E-state index is 0.179. The van der Waals surface area contributed by atoms with Crippen LogP contribution in [0.5, 0.6) is 0 Å². The molecule has 0 aliphatic carbocycles. The van der Waals surface area contributed by atoms with Gasteiger partial charge in [-0.15, -0.1) is 0 Å². The molecular formula is C23H41NO6. The number of aliphatic carboxylic acids is 3. The van der Waals surface area contributed by atoms with Gasteiger partial charge in [0.2, 0.25) is 0 Å². The van der Waals surface area contributed by atoms with E-state index >= 15 is 0 Å². The van der Waals surface area contributed by atoms with Crippen molar-refractivity contribution < 1.29 is 34.2 Å². The van der Waals surface area contributed by atoms with Crippen LogP contribution < -0.4 is 5.11 Å². The number of quaternary nitrogens is 1. The van der Waals surface area contributed by atoms with Gasteiger partial charge >= 0.3 is 11.9 Å². The van der Waals surface area contributed by atoms with E-state index in [1.807, 2.05) is 0 Å². The fraction of sp³-hybridized carbons (Fsp3) is 0.783. The number of hydrogen-bond donors (Lipinski definition) is 2. The Morgan fingerprint density at radius 1 is 0.767 bits per heavy atom. The first kappa shape index (κ1) is 28.1. The van der Waals surface area contributed by atoms with Crippen molar-refractivity contribution in [1.82, 2.24) is 0 Å². The Bertz CT molecular complexity index is 510. The first-order valence-corrected chi connectivity index (χ1v) is 11.3. The van der Waals surface area contributed by atoms with Gasteiger partial charge in [0.25, 0.3) is 0 Å². The van der Waals surface area contributed by atoms with Crippen molar-refractivity contribution in [3.8, 4) is 0 Å². The van der Waals surface area contributed by atoms with Crippen molar-refractivity contribution in [1.29, 1.82) is 0 Å². The molecule has 7 heteroatoms. The first-order valence-electron chi connectivity index (χ1n) is 11.3. The molecule has 7 nitrogen and oxygen atoms in total. The molecule has 0 aromatic heterocycles. The summed E-state index contributed by atoms with van der Waals surface area (Å²) in [6.45, 7) is 6.46. The molecule has 0 aromatic rings. The van der Waals surface area contributed by atoms with E-state index in [0.717, 1.165) is 38.5 Å². The molecule has 3 unspecified atom stereocenters. The third kappa shape index (κ3) is 8.86. The second-order valence-corrected chi connectivity index (χ2v) is 8.27. The maximum Gasteiger partial charge on any atom is 0.362 e. The quantitative estimate of drug-likeness (QED) is 0.197. The number of carbonyl (C=O) groups excluding carboxylic acids is 1. The molecule has 0 fully saturated rings. The van der Waals surface area contributed by atoms with E-state index in [0.29, 0.717) is 6.42 Å². The summed E-state index contributed by atoms with van der Waals surface area (Å²) in [5.41, 5.74) is 0. The normalized spacial score (nSPS) is 16.7. The van der Waals surface area contributed by atoms with Gasteiger partial charge in [-0.1, -0.05) is 51.2 Å². The molecule has 0 aromatic carbocycles. The van der Waals surface area contributed by atoms with E-state index in [4.69, 9.17) is 0 Å². The number of rotatable bonds is 18. The van der Waals surface area contributed by atoms with Gasteiger partial charge in [-0.3, -0.25) is 4.48 Å². The Kier molecular flexibility index (Phi) is 14.0. The fourth-order valence-electron chi connectivity index (χ4n) is 4.13. The average molecular weight is 428 g/mol. The zero-order valence-electron chi connectivity index (χ0n) is 19.1. The Morgan fingerprint density at radius 3 is 1.63 bits per heavy atom. The molecule has 0 spiro atoms. The zero-order chi connectivity index (χ0) is 23.2. The predicted molar refractivity (Wildman–Crippen MR) is 115 cm³/mol. The van der Waals surface area contributed by atoms with Crippen LogP contribution in [-0.2, 0) is 14.4 Å².